The minimum Gasteiger partial charge on any atom is -0.364 e. The largest absolute Gasteiger partial charge is 0.364 e. The monoisotopic (exact) mass is 244 g/mol. The van der Waals surface area contributed by atoms with Crippen LogP contribution in [0, 0.1) is 13.8 Å². The van der Waals surface area contributed by atoms with Crippen LogP contribution in [0.4, 0.5) is 0 Å². The van der Waals surface area contributed by atoms with Gasteiger partial charge in [-0.05, 0) is 31.0 Å². The van der Waals surface area contributed by atoms with Crippen molar-refractivity contribution in [2.75, 3.05) is 0 Å². The second-order valence-electron chi connectivity index (χ2n) is 3.93. The van der Waals surface area contributed by atoms with Crippen molar-refractivity contribution in [3.05, 3.63) is 51.7 Å². The van der Waals surface area contributed by atoms with Crippen LogP contribution in [-0.4, -0.2) is 20.7 Å². The fraction of sp³-hybridized carbons (Fsp3) is 0.167. The topological polar surface area (TPSA) is 90.9 Å². The lowest BCUT2D eigenvalue weighted by atomic mass is 10.1. The van der Waals surface area contributed by atoms with Crippen molar-refractivity contribution in [1.29, 1.82) is 0 Å². The molecule has 0 saturated carbocycles. The van der Waals surface area contributed by atoms with Crippen molar-refractivity contribution in [1.82, 2.24) is 14.8 Å². The molecule has 0 saturated heterocycles. The predicted octanol–water partition coefficient (Wildman–Crippen LogP) is 0.343. The average molecular weight is 244 g/mol. The van der Waals surface area contributed by atoms with Crippen molar-refractivity contribution in [2.24, 2.45) is 5.73 Å². The molecule has 0 spiro atoms. The highest BCUT2D eigenvalue weighted by Crippen LogP contribution is 2.15. The van der Waals surface area contributed by atoms with Gasteiger partial charge in [-0.15, -0.1) is 0 Å². The van der Waals surface area contributed by atoms with E-state index in [-0.39, 0.29) is 5.69 Å². The normalized spacial score (nSPS) is 10.3. The van der Waals surface area contributed by atoms with Crippen molar-refractivity contribution in [3.8, 4) is 5.69 Å². The standard InChI is InChI=1S/C12H12N4O2/c1-7-4-3-5-9(8(7)2)16-6-14-12(18)10(15-16)11(13)17/h3-6H,1-2H3,(H2,13,17). The summed E-state index contributed by atoms with van der Waals surface area (Å²) in [6.07, 6.45) is 1.27. The maximum Gasteiger partial charge on any atom is 0.304 e. The molecule has 1 heterocycles. The van der Waals surface area contributed by atoms with Crippen LogP contribution in [0.25, 0.3) is 5.69 Å². The molecule has 0 radical (unpaired) electrons. The zero-order chi connectivity index (χ0) is 13.3. The molecule has 0 aliphatic carbocycles. The Kier molecular flexibility index (Phi) is 2.93. The van der Waals surface area contributed by atoms with E-state index >= 15 is 0 Å². The molecule has 0 unspecified atom stereocenters. The lowest BCUT2D eigenvalue weighted by Crippen LogP contribution is -2.28. The first-order chi connectivity index (χ1) is 8.50. The van der Waals surface area contributed by atoms with Crippen LogP contribution >= 0.6 is 0 Å². The minimum absolute atomic E-state index is 0.363. The van der Waals surface area contributed by atoms with Gasteiger partial charge in [-0.1, -0.05) is 12.1 Å². The van der Waals surface area contributed by atoms with Crippen LogP contribution in [-0.2, 0) is 0 Å². The lowest BCUT2D eigenvalue weighted by molar-refractivity contribution is 0.0992. The van der Waals surface area contributed by atoms with Crippen LogP contribution in [0.2, 0.25) is 0 Å². The third-order valence-electron chi connectivity index (χ3n) is 2.75. The van der Waals surface area contributed by atoms with Crippen LogP contribution in [0.1, 0.15) is 21.6 Å². The Morgan fingerprint density at radius 1 is 1.33 bits per heavy atom. The smallest absolute Gasteiger partial charge is 0.304 e. The number of primary amides is 1. The number of aromatic nitrogens is 3. The van der Waals surface area contributed by atoms with Gasteiger partial charge in [0.15, 0.2) is 0 Å². The third-order valence-corrected chi connectivity index (χ3v) is 2.75. The minimum atomic E-state index is -0.882. The number of hydrogen-bond donors (Lipinski definition) is 1. The van der Waals surface area contributed by atoms with Gasteiger partial charge in [0.25, 0.3) is 5.91 Å². The molecule has 0 bridgehead atoms. The van der Waals surface area contributed by atoms with Gasteiger partial charge in [-0.3, -0.25) is 9.59 Å². The van der Waals surface area contributed by atoms with Crippen LogP contribution in [0.5, 0.6) is 0 Å². The van der Waals surface area contributed by atoms with E-state index in [2.05, 4.69) is 10.1 Å². The number of rotatable bonds is 2. The van der Waals surface area contributed by atoms with Gasteiger partial charge in [-0.2, -0.15) is 10.1 Å². The number of nitrogens with zero attached hydrogens (tertiary/aromatic N) is 3. The molecule has 6 nitrogen and oxygen atoms in total. The van der Waals surface area contributed by atoms with E-state index in [1.165, 1.54) is 11.0 Å². The molecular formula is C12H12N4O2. The van der Waals surface area contributed by atoms with Crippen LogP contribution < -0.4 is 11.3 Å². The van der Waals surface area contributed by atoms with Gasteiger partial charge < -0.3 is 5.73 Å². The van der Waals surface area contributed by atoms with E-state index in [9.17, 15) is 9.59 Å². The molecule has 0 atom stereocenters. The van der Waals surface area contributed by atoms with E-state index in [4.69, 9.17) is 5.73 Å². The molecule has 2 N–H and O–H groups in total. The molecule has 2 aromatic rings. The van der Waals surface area contributed by atoms with E-state index < -0.39 is 11.5 Å². The summed E-state index contributed by atoms with van der Waals surface area (Å²) in [5, 5.41) is 3.91. The molecule has 1 amide bonds. The summed E-state index contributed by atoms with van der Waals surface area (Å²) >= 11 is 0. The number of carbonyl (C=O) groups is 1. The first-order valence-corrected chi connectivity index (χ1v) is 5.33. The highest BCUT2D eigenvalue weighted by molar-refractivity contribution is 5.90. The highest BCUT2D eigenvalue weighted by Gasteiger charge is 2.11. The zero-order valence-electron chi connectivity index (χ0n) is 10.0. The molecule has 1 aromatic carbocycles. The molecule has 1 aromatic heterocycles. The number of aryl methyl sites for hydroxylation is 1. The Bertz CT molecular complexity index is 676. The van der Waals surface area contributed by atoms with Gasteiger partial charge in [0.1, 0.15) is 6.33 Å². The SMILES string of the molecule is Cc1cccc(-n2cnc(=O)c(C(N)=O)n2)c1C. The lowest BCUT2D eigenvalue weighted by Gasteiger charge is -2.10. The predicted molar refractivity (Wildman–Crippen MR) is 65.6 cm³/mol. The molecule has 18 heavy (non-hydrogen) atoms. The second kappa shape index (κ2) is 4.40. The van der Waals surface area contributed by atoms with Gasteiger partial charge >= 0.3 is 5.56 Å². The summed E-state index contributed by atoms with van der Waals surface area (Å²) in [6.45, 7) is 3.89. The molecule has 0 fully saturated rings. The summed E-state index contributed by atoms with van der Waals surface area (Å²) in [5.41, 5.74) is 6.82. The number of carbonyl (C=O) groups excluding carboxylic acids is 1. The number of amides is 1. The van der Waals surface area contributed by atoms with E-state index in [0.717, 1.165) is 16.8 Å². The summed E-state index contributed by atoms with van der Waals surface area (Å²) in [7, 11) is 0. The molecule has 0 aliphatic heterocycles. The Balaban J connectivity index is 2.65. The van der Waals surface area contributed by atoms with Crippen molar-refractivity contribution >= 4 is 5.91 Å². The maximum absolute atomic E-state index is 11.3. The Morgan fingerprint density at radius 2 is 2.06 bits per heavy atom. The Morgan fingerprint density at radius 3 is 2.72 bits per heavy atom. The van der Waals surface area contributed by atoms with E-state index in [0.29, 0.717) is 0 Å². The second-order valence-corrected chi connectivity index (χ2v) is 3.93. The third kappa shape index (κ3) is 2.00. The first-order valence-electron chi connectivity index (χ1n) is 5.33. The number of hydrogen-bond acceptors (Lipinski definition) is 4. The van der Waals surface area contributed by atoms with Gasteiger partial charge in [-0.25, -0.2) is 4.68 Å². The summed E-state index contributed by atoms with van der Waals surface area (Å²) in [4.78, 5) is 26.0. The Labute approximate surface area is 103 Å². The number of benzene rings is 1. The molecule has 92 valence electrons. The fourth-order valence-corrected chi connectivity index (χ4v) is 1.60. The average Bonchev–Trinajstić information content (AvgIpc) is 2.33. The Hall–Kier alpha value is -2.50. The van der Waals surface area contributed by atoms with Gasteiger partial charge in [0.2, 0.25) is 5.69 Å². The van der Waals surface area contributed by atoms with Crippen molar-refractivity contribution in [3.63, 3.8) is 0 Å². The molecular weight excluding hydrogens is 232 g/mol. The molecule has 0 aliphatic rings. The number of nitrogens with two attached hydrogens (primary N) is 1. The van der Waals surface area contributed by atoms with Crippen molar-refractivity contribution in [2.45, 2.75) is 13.8 Å². The summed E-state index contributed by atoms with van der Waals surface area (Å²) < 4.78 is 1.38. The quantitative estimate of drug-likeness (QED) is 0.824. The van der Waals surface area contributed by atoms with Crippen LogP contribution in [0.3, 0.4) is 0 Å². The van der Waals surface area contributed by atoms with Gasteiger partial charge in [0, 0.05) is 0 Å². The van der Waals surface area contributed by atoms with E-state index in [1.54, 1.807) is 0 Å². The van der Waals surface area contributed by atoms with E-state index in [1.807, 2.05) is 32.0 Å². The molecule has 2 rings (SSSR count). The summed E-state index contributed by atoms with van der Waals surface area (Å²) in [5.74, 6) is -0.882. The van der Waals surface area contributed by atoms with Gasteiger partial charge in [0.05, 0.1) is 5.69 Å². The maximum atomic E-state index is 11.3. The zero-order valence-corrected chi connectivity index (χ0v) is 10.0. The molecule has 6 heteroatoms. The fourth-order valence-electron chi connectivity index (χ4n) is 1.60. The highest BCUT2D eigenvalue weighted by atomic mass is 16.2. The first kappa shape index (κ1) is 12.0. The van der Waals surface area contributed by atoms with Crippen LogP contribution in [0.15, 0.2) is 29.3 Å². The van der Waals surface area contributed by atoms with Crippen molar-refractivity contribution < 1.29 is 4.79 Å². The summed E-state index contributed by atoms with van der Waals surface area (Å²) in [6, 6.07) is 5.65.